The molecule has 0 bridgehead atoms. The van der Waals surface area contributed by atoms with E-state index in [0.717, 1.165) is 51.5 Å². The maximum Gasteiger partial charge on any atom is 0.148 e. The fraction of sp³-hybridized carbons (Fsp3) is 0.0645. The van der Waals surface area contributed by atoms with Crippen molar-refractivity contribution in [3.05, 3.63) is 107 Å². The highest BCUT2D eigenvalue weighted by Crippen LogP contribution is 2.50. The molecule has 4 aromatic heterocycles. The van der Waals surface area contributed by atoms with Crippen molar-refractivity contribution in [2.75, 3.05) is 0 Å². The number of rotatable bonds is 0. The molecule has 0 saturated carbocycles. The molecule has 4 heterocycles. The van der Waals surface area contributed by atoms with Crippen LogP contribution in [0.5, 0.6) is 0 Å². The Morgan fingerprint density at radius 1 is 0.571 bits per heavy atom. The van der Waals surface area contributed by atoms with E-state index >= 15 is 0 Å². The summed E-state index contributed by atoms with van der Waals surface area (Å²) in [6, 6.07) is 26.3. The zero-order valence-electron chi connectivity index (χ0n) is 18.8. The molecule has 0 amide bonds. The second-order valence-corrected chi connectivity index (χ2v) is 9.65. The average molecular weight is 447 g/mol. The van der Waals surface area contributed by atoms with Gasteiger partial charge < -0.3 is 0 Å². The molecule has 7 aromatic rings. The minimum absolute atomic E-state index is 0.903. The van der Waals surface area contributed by atoms with Crippen LogP contribution in [0.15, 0.2) is 85.2 Å². The molecule has 0 aliphatic heterocycles. The molecule has 35 heavy (non-hydrogen) atoms. The van der Waals surface area contributed by atoms with Crippen molar-refractivity contribution in [3.63, 3.8) is 0 Å². The van der Waals surface area contributed by atoms with Crippen LogP contribution in [0.2, 0.25) is 0 Å². The maximum atomic E-state index is 5.28. The van der Waals surface area contributed by atoms with E-state index in [1.54, 1.807) is 0 Å². The molecule has 4 nitrogen and oxygen atoms in total. The fourth-order valence-corrected chi connectivity index (χ4v) is 6.48. The van der Waals surface area contributed by atoms with Gasteiger partial charge in [0.25, 0.3) is 0 Å². The van der Waals surface area contributed by atoms with Crippen molar-refractivity contribution in [1.82, 2.24) is 19.4 Å². The number of hydrogen-bond acceptors (Lipinski definition) is 3. The summed E-state index contributed by atoms with van der Waals surface area (Å²) >= 11 is 0. The Hall–Kier alpha value is -4.57. The van der Waals surface area contributed by atoms with Gasteiger partial charge in [0.05, 0.1) is 16.6 Å². The molecular formula is C31H18N4. The van der Waals surface area contributed by atoms with Crippen molar-refractivity contribution in [3.8, 4) is 22.3 Å². The Kier molecular flexibility index (Phi) is 3.11. The van der Waals surface area contributed by atoms with Crippen LogP contribution in [0.25, 0.3) is 60.9 Å². The smallest absolute Gasteiger partial charge is 0.148 e. The van der Waals surface area contributed by atoms with E-state index in [2.05, 4.69) is 70.0 Å². The first-order valence-electron chi connectivity index (χ1n) is 12.1. The van der Waals surface area contributed by atoms with E-state index in [-0.39, 0.29) is 0 Å². The highest BCUT2D eigenvalue weighted by molar-refractivity contribution is 6.11. The van der Waals surface area contributed by atoms with Gasteiger partial charge >= 0.3 is 0 Å². The van der Waals surface area contributed by atoms with Gasteiger partial charge in [0.15, 0.2) is 0 Å². The van der Waals surface area contributed by atoms with E-state index in [0.29, 0.717) is 0 Å². The van der Waals surface area contributed by atoms with E-state index in [1.165, 1.54) is 44.5 Å². The molecule has 9 rings (SSSR count). The molecule has 2 aliphatic rings. The van der Waals surface area contributed by atoms with E-state index < -0.39 is 0 Å². The number of fused-ring (bicyclic) bond motifs is 16. The highest BCUT2D eigenvalue weighted by atomic mass is 15.0. The first-order valence-corrected chi connectivity index (χ1v) is 12.1. The minimum Gasteiger partial charge on any atom is -0.290 e. The monoisotopic (exact) mass is 446 g/mol. The van der Waals surface area contributed by atoms with Crippen molar-refractivity contribution in [1.29, 1.82) is 0 Å². The van der Waals surface area contributed by atoms with Gasteiger partial charge in [-0.05, 0) is 81.3 Å². The third kappa shape index (κ3) is 2.11. The van der Waals surface area contributed by atoms with Gasteiger partial charge in [0, 0.05) is 24.2 Å². The predicted octanol–water partition coefficient (Wildman–Crippen LogP) is 6.73. The molecule has 0 saturated heterocycles. The largest absolute Gasteiger partial charge is 0.290 e. The maximum absolute atomic E-state index is 5.28. The van der Waals surface area contributed by atoms with Gasteiger partial charge in [0.2, 0.25) is 0 Å². The summed E-state index contributed by atoms with van der Waals surface area (Å²) in [5.41, 5.74) is 17.1. The van der Waals surface area contributed by atoms with Gasteiger partial charge in [0.1, 0.15) is 16.7 Å². The third-order valence-electron chi connectivity index (χ3n) is 7.91. The second-order valence-electron chi connectivity index (χ2n) is 9.65. The Morgan fingerprint density at radius 2 is 1.34 bits per heavy atom. The lowest BCUT2D eigenvalue weighted by molar-refractivity contribution is 1.24. The number of imidazole rings is 1. The Labute approximate surface area is 200 Å². The molecule has 2 aliphatic carbocycles. The van der Waals surface area contributed by atoms with Crippen LogP contribution in [0.3, 0.4) is 0 Å². The highest BCUT2D eigenvalue weighted by Gasteiger charge is 2.30. The van der Waals surface area contributed by atoms with E-state index in [9.17, 15) is 0 Å². The van der Waals surface area contributed by atoms with Crippen molar-refractivity contribution < 1.29 is 0 Å². The fourth-order valence-electron chi connectivity index (χ4n) is 6.48. The molecular weight excluding hydrogens is 428 g/mol. The number of benzene rings is 3. The predicted molar refractivity (Wildman–Crippen MR) is 140 cm³/mol. The van der Waals surface area contributed by atoms with Crippen LogP contribution in [-0.4, -0.2) is 19.4 Å². The molecule has 0 unspecified atom stereocenters. The topological polar surface area (TPSA) is 43.1 Å². The van der Waals surface area contributed by atoms with Gasteiger partial charge in [-0.1, -0.05) is 42.5 Å². The molecule has 0 fully saturated rings. The summed E-state index contributed by atoms with van der Waals surface area (Å²) < 4.78 is 2.27. The number of nitrogens with zero attached hydrogens (tertiary/aromatic N) is 4. The lowest BCUT2D eigenvalue weighted by Gasteiger charge is -2.10. The number of pyridine rings is 3. The molecule has 4 heteroatoms. The van der Waals surface area contributed by atoms with Crippen LogP contribution in [-0.2, 0) is 12.8 Å². The molecule has 3 aromatic carbocycles. The van der Waals surface area contributed by atoms with Crippen LogP contribution in [0.1, 0.15) is 22.3 Å². The standard InChI is InChI=1S/C31H18N4/c1-2-6-20-17(5-1)15-18-9-10-19-16-23-21(27(19)26(18)20)11-12-25-28(23)34-31-22-7-3-13-32-29(22)30-24(35(25)31)8-4-14-33-30/h1-14H,15-16H2. The van der Waals surface area contributed by atoms with Gasteiger partial charge in [-0.25, -0.2) is 4.98 Å². The third-order valence-corrected chi connectivity index (χ3v) is 7.91. The average Bonchev–Trinajstić information content (AvgIpc) is 3.59. The first-order chi connectivity index (χ1) is 17.4. The molecule has 0 spiro atoms. The summed E-state index contributed by atoms with van der Waals surface area (Å²) in [5.74, 6) is 0. The van der Waals surface area contributed by atoms with E-state index in [1.807, 2.05) is 24.5 Å². The molecule has 0 N–H and O–H groups in total. The first kappa shape index (κ1) is 17.8. The summed E-state index contributed by atoms with van der Waals surface area (Å²) in [6.45, 7) is 0. The lowest BCUT2D eigenvalue weighted by atomic mass is 9.94. The van der Waals surface area contributed by atoms with Crippen LogP contribution >= 0.6 is 0 Å². The Balaban J connectivity index is 1.42. The van der Waals surface area contributed by atoms with Crippen LogP contribution in [0, 0.1) is 0 Å². The Bertz CT molecular complexity index is 2070. The van der Waals surface area contributed by atoms with Crippen molar-refractivity contribution in [2.45, 2.75) is 12.8 Å². The number of aromatic nitrogens is 4. The Morgan fingerprint density at radius 3 is 2.29 bits per heavy atom. The second kappa shape index (κ2) is 6.10. The molecule has 0 radical (unpaired) electrons. The normalized spacial score (nSPS) is 13.5. The van der Waals surface area contributed by atoms with Crippen LogP contribution in [0.4, 0.5) is 0 Å². The van der Waals surface area contributed by atoms with E-state index in [4.69, 9.17) is 9.97 Å². The zero-order chi connectivity index (χ0) is 22.7. The lowest BCUT2D eigenvalue weighted by Crippen LogP contribution is -1.94. The molecule has 162 valence electrons. The summed E-state index contributed by atoms with van der Waals surface area (Å²) in [6.07, 6.45) is 5.60. The SMILES string of the molecule is c1ccc2c(c1)Cc1ccc3c(c1-2)-c1ccc2c(nc4c5cccnc5c5ncccc5n24)c1C3. The van der Waals surface area contributed by atoms with Gasteiger partial charge in [-0.3, -0.25) is 14.4 Å². The summed E-state index contributed by atoms with van der Waals surface area (Å²) in [7, 11) is 0. The van der Waals surface area contributed by atoms with Gasteiger partial charge in [-0.15, -0.1) is 0 Å². The quantitative estimate of drug-likeness (QED) is 0.243. The number of hydrogen-bond donors (Lipinski definition) is 0. The minimum atomic E-state index is 0.903. The van der Waals surface area contributed by atoms with Gasteiger partial charge in [-0.2, -0.15) is 0 Å². The van der Waals surface area contributed by atoms with Crippen LogP contribution < -0.4 is 0 Å². The van der Waals surface area contributed by atoms with Crippen molar-refractivity contribution >= 4 is 38.6 Å². The zero-order valence-corrected chi connectivity index (χ0v) is 18.8. The van der Waals surface area contributed by atoms with Crippen molar-refractivity contribution in [2.24, 2.45) is 0 Å². The molecule has 0 atom stereocenters. The summed E-state index contributed by atoms with van der Waals surface area (Å²) in [4.78, 5) is 14.7. The summed E-state index contributed by atoms with van der Waals surface area (Å²) in [5, 5.41) is 1.04.